The minimum Gasteiger partial charge on any atom is -0.392 e. The lowest BCUT2D eigenvalue weighted by molar-refractivity contribution is 0.175. The summed E-state index contributed by atoms with van der Waals surface area (Å²) in [6, 6.07) is 0. The number of hydrogen-bond acceptors (Lipinski definition) is 4. The zero-order valence-electron chi connectivity index (χ0n) is 11.3. The van der Waals surface area contributed by atoms with E-state index < -0.39 is 6.10 Å². The lowest BCUT2D eigenvalue weighted by Gasteiger charge is -2.09. The van der Waals surface area contributed by atoms with Crippen LogP contribution < -0.4 is 0 Å². The summed E-state index contributed by atoms with van der Waals surface area (Å²) in [5, 5.41) is 17.5. The molecule has 5 heteroatoms. The van der Waals surface area contributed by atoms with Crippen LogP contribution in [0.1, 0.15) is 27.7 Å². The molecule has 0 aromatic carbocycles. The van der Waals surface area contributed by atoms with Crippen LogP contribution in [0, 0.1) is 20.8 Å². The lowest BCUT2D eigenvalue weighted by atomic mass is 10.0. The van der Waals surface area contributed by atoms with Gasteiger partial charge in [0.25, 0.3) is 0 Å². The molecule has 0 aliphatic rings. The third-order valence-electron chi connectivity index (χ3n) is 3.18. The first-order chi connectivity index (χ1) is 8.47. The van der Waals surface area contributed by atoms with Gasteiger partial charge >= 0.3 is 0 Å². The second-order valence-electron chi connectivity index (χ2n) is 4.72. The Labute approximate surface area is 111 Å². The van der Waals surface area contributed by atoms with Gasteiger partial charge in [0.15, 0.2) is 0 Å². The van der Waals surface area contributed by atoms with Crippen molar-refractivity contribution in [3.05, 3.63) is 33.0 Å². The first-order valence-electron chi connectivity index (χ1n) is 6.05. The number of aromatic nitrogens is 3. The van der Waals surface area contributed by atoms with Crippen molar-refractivity contribution in [2.75, 3.05) is 0 Å². The molecular weight excluding hydrogens is 246 g/mol. The molecule has 18 heavy (non-hydrogen) atoms. The Morgan fingerprint density at radius 1 is 1.33 bits per heavy atom. The quantitative estimate of drug-likeness (QED) is 0.919. The summed E-state index contributed by atoms with van der Waals surface area (Å²) in [6.45, 7) is 6.00. The van der Waals surface area contributed by atoms with Gasteiger partial charge in [-0.25, -0.2) is 4.98 Å². The molecule has 1 unspecified atom stereocenters. The second kappa shape index (κ2) is 5.20. The van der Waals surface area contributed by atoms with E-state index in [1.807, 2.05) is 37.9 Å². The number of aryl methyl sites for hydroxylation is 3. The van der Waals surface area contributed by atoms with Crippen molar-refractivity contribution in [1.29, 1.82) is 0 Å². The van der Waals surface area contributed by atoms with Crippen molar-refractivity contribution in [2.24, 2.45) is 7.05 Å². The fourth-order valence-electron chi connectivity index (χ4n) is 2.12. The van der Waals surface area contributed by atoms with Gasteiger partial charge in [-0.3, -0.25) is 4.68 Å². The van der Waals surface area contributed by atoms with E-state index in [9.17, 15) is 5.11 Å². The molecule has 4 nitrogen and oxygen atoms in total. The van der Waals surface area contributed by atoms with Crippen molar-refractivity contribution in [3.8, 4) is 0 Å². The van der Waals surface area contributed by atoms with Crippen molar-refractivity contribution in [1.82, 2.24) is 14.8 Å². The maximum absolute atomic E-state index is 10.2. The van der Waals surface area contributed by atoms with E-state index in [4.69, 9.17) is 0 Å². The number of aliphatic hydroxyl groups excluding tert-OH is 1. The van der Waals surface area contributed by atoms with Gasteiger partial charge in [-0.2, -0.15) is 5.10 Å². The van der Waals surface area contributed by atoms with Crippen molar-refractivity contribution in [3.63, 3.8) is 0 Å². The zero-order valence-corrected chi connectivity index (χ0v) is 12.1. The zero-order chi connectivity index (χ0) is 13.3. The average Bonchev–Trinajstić information content (AvgIpc) is 2.78. The van der Waals surface area contributed by atoms with Crippen LogP contribution in [0.25, 0.3) is 0 Å². The van der Waals surface area contributed by atoms with Gasteiger partial charge in [0.05, 0.1) is 16.8 Å². The highest BCUT2D eigenvalue weighted by Crippen LogP contribution is 2.17. The Bertz CT molecular complexity index is 544. The summed E-state index contributed by atoms with van der Waals surface area (Å²) in [5.74, 6) is 0. The summed E-state index contributed by atoms with van der Waals surface area (Å²) >= 11 is 1.61. The van der Waals surface area contributed by atoms with Gasteiger partial charge in [0.2, 0.25) is 0 Å². The van der Waals surface area contributed by atoms with Gasteiger partial charge in [-0.05, 0) is 26.3 Å². The predicted octanol–water partition coefficient (Wildman–Crippen LogP) is 1.95. The van der Waals surface area contributed by atoms with Crippen molar-refractivity contribution >= 4 is 11.3 Å². The molecule has 0 bridgehead atoms. The van der Waals surface area contributed by atoms with Crippen molar-refractivity contribution < 1.29 is 5.11 Å². The molecule has 2 rings (SSSR count). The molecule has 2 aromatic heterocycles. The van der Waals surface area contributed by atoms with E-state index in [2.05, 4.69) is 10.1 Å². The van der Waals surface area contributed by atoms with E-state index in [-0.39, 0.29) is 0 Å². The Balaban J connectivity index is 2.05. The molecule has 0 aliphatic carbocycles. The number of rotatable bonds is 4. The molecular formula is C13H19N3OS. The average molecular weight is 265 g/mol. The van der Waals surface area contributed by atoms with E-state index in [0.29, 0.717) is 12.8 Å². The number of nitrogens with zero attached hydrogens (tertiary/aromatic N) is 3. The molecule has 0 amide bonds. The summed E-state index contributed by atoms with van der Waals surface area (Å²) in [5.41, 5.74) is 4.31. The highest BCUT2D eigenvalue weighted by Gasteiger charge is 2.15. The molecule has 1 N–H and O–H groups in total. The van der Waals surface area contributed by atoms with Crippen LogP contribution in [0.4, 0.5) is 0 Å². The summed E-state index contributed by atoms with van der Waals surface area (Å²) in [6.07, 6.45) is 0.869. The molecule has 1 atom stereocenters. The summed E-state index contributed by atoms with van der Waals surface area (Å²) in [4.78, 5) is 4.38. The van der Waals surface area contributed by atoms with Crippen LogP contribution in [0.15, 0.2) is 5.38 Å². The standard InChI is InChI=1S/C13H19N3OS/c1-8-7-18-13(14-8)6-11(17)5-12-9(2)15-16(4)10(12)3/h7,11,17H,5-6H2,1-4H3. The van der Waals surface area contributed by atoms with E-state index in [1.54, 1.807) is 11.3 Å². The Morgan fingerprint density at radius 2 is 2.06 bits per heavy atom. The molecule has 98 valence electrons. The molecule has 0 fully saturated rings. The van der Waals surface area contributed by atoms with Crippen LogP contribution >= 0.6 is 11.3 Å². The highest BCUT2D eigenvalue weighted by atomic mass is 32.1. The maximum atomic E-state index is 10.2. The summed E-state index contributed by atoms with van der Waals surface area (Å²) < 4.78 is 1.87. The first-order valence-corrected chi connectivity index (χ1v) is 6.93. The third kappa shape index (κ3) is 2.79. The predicted molar refractivity (Wildman–Crippen MR) is 72.9 cm³/mol. The van der Waals surface area contributed by atoms with Gasteiger partial charge in [-0.1, -0.05) is 0 Å². The highest BCUT2D eigenvalue weighted by molar-refractivity contribution is 7.09. The number of hydrogen-bond donors (Lipinski definition) is 1. The fourth-order valence-corrected chi connectivity index (χ4v) is 2.96. The van der Waals surface area contributed by atoms with Crippen LogP contribution in [-0.4, -0.2) is 26.0 Å². The van der Waals surface area contributed by atoms with Gasteiger partial charge in [0.1, 0.15) is 0 Å². The van der Waals surface area contributed by atoms with Crippen LogP contribution in [0.5, 0.6) is 0 Å². The SMILES string of the molecule is Cc1csc(CC(O)Cc2c(C)nn(C)c2C)n1. The fraction of sp³-hybridized carbons (Fsp3) is 0.538. The largest absolute Gasteiger partial charge is 0.392 e. The normalized spacial score (nSPS) is 12.9. The second-order valence-corrected chi connectivity index (χ2v) is 5.66. The van der Waals surface area contributed by atoms with Gasteiger partial charge in [-0.15, -0.1) is 11.3 Å². The first kappa shape index (κ1) is 13.2. The molecule has 0 saturated carbocycles. The van der Waals surface area contributed by atoms with Crippen LogP contribution in [0.3, 0.4) is 0 Å². The molecule has 2 aromatic rings. The minimum absolute atomic E-state index is 0.392. The van der Waals surface area contributed by atoms with E-state index in [0.717, 1.165) is 27.7 Å². The minimum atomic E-state index is -0.392. The van der Waals surface area contributed by atoms with Gasteiger partial charge in [0, 0.05) is 36.7 Å². The molecule has 0 saturated heterocycles. The topological polar surface area (TPSA) is 50.9 Å². The number of aliphatic hydroxyl groups is 1. The molecule has 0 aliphatic heterocycles. The maximum Gasteiger partial charge on any atom is 0.0954 e. The number of thiazole rings is 1. The van der Waals surface area contributed by atoms with Crippen LogP contribution in [-0.2, 0) is 19.9 Å². The van der Waals surface area contributed by atoms with E-state index in [1.165, 1.54) is 0 Å². The van der Waals surface area contributed by atoms with E-state index >= 15 is 0 Å². The third-order valence-corrected chi connectivity index (χ3v) is 4.16. The molecule has 0 spiro atoms. The smallest absolute Gasteiger partial charge is 0.0954 e. The molecule has 0 radical (unpaired) electrons. The summed E-state index contributed by atoms with van der Waals surface area (Å²) in [7, 11) is 1.93. The van der Waals surface area contributed by atoms with Crippen molar-refractivity contribution in [2.45, 2.75) is 39.7 Å². The Hall–Kier alpha value is -1.20. The van der Waals surface area contributed by atoms with Gasteiger partial charge < -0.3 is 5.11 Å². The van der Waals surface area contributed by atoms with Crippen LogP contribution in [0.2, 0.25) is 0 Å². The Morgan fingerprint density at radius 3 is 2.56 bits per heavy atom. The lowest BCUT2D eigenvalue weighted by Crippen LogP contribution is -2.15. The monoisotopic (exact) mass is 265 g/mol. The Kier molecular flexibility index (Phi) is 3.82. The molecule has 2 heterocycles.